The minimum Gasteiger partial charge on any atom is -0.497 e. The van der Waals surface area contributed by atoms with Gasteiger partial charge in [-0.1, -0.05) is 6.07 Å². The predicted molar refractivity (Wildman–Crippen MR) is 69.8 cm³/mol. The molecule has 1 atom stereocenters. The summed E-state index contributed by atoms with van der Waals surface area (Å²) in [5, 5.41) is 2.54. The van der Waals surface area contributed by atoms with Crippen LogP contribution < -0.4 is 20.5 Å². The van der Waals surface area contributed by atoms with Gasteiger partial charge in [-0.3, -0.25) is 4.79 Å². The van der Waals surface area contributed by atoms with Gasteiger partial charge >= 0.3 is 0 Å². The predicted octanol–water partition coefficient (Wildman–Crippen LogP) is 1.23. The molecular formula is C13H20N2O3. The van der Waals surface area contributed by atoms with Crippen molar-refractivity contribution in [2.75, 3.05) is 20.8 Å². The summed E-state index contributed by atoms with van der Waals surface area (Å²) in [6.45, 7) is 2.19. The highest BCUT2D eigenvalue weighted by Crippen LogP contribution is 2.28. The van der Waals surface area contributed by atoms with Crippen molar-refractivity contribution in [3.8, 4) is 11.5 Å². The third kappa shape index (κ3) is 3.92. The van der Waals surface area contributed by atoms with Crippen molar-refractivity contribution < 1.29 is 14.3 Å². The molecule has 18 heavy (non-hydrogen) atoms. The first kappa shape index (κ1) is 14.3. The maximum atomic E-state index is 11.1. The number of hydrogen-bond donors (Lipinski definition) is 2. The Balaban J connectivity index is 2.74. The van der Waals surface area contributed by atoms with Crippen molar-refractivity contribution in [3.63, 3.8) is 0 Å². The molecule has 1 aromatic carbocycles. The summed E-state index contributed by atoms with van der Waals surface area (Å²) in [5.74, 6) is 1.31. The van der Waals surface area contributed by atoms with Gasteiger partial charge in [-0.05, 0) is 13.0 Å². The number of hydrogen-bond acceptors (Lipinski definition) is 4. The topological polar surface area (TPSA) is 73.6 Å². The largest absolute Gasteiger partial charge is 0.497 e. The van der Waals surface area contributed by atoms with Crippen LogP contribution in [-0.4, -0.2) is 26.7 Å². The molecule has 0 radical (unpaired) electrons. The highest BCUT2D eigenvalue weighted by Gasteiger charge is 2.10. The molecule has 0 saturated heterocycles. The first-order valence-electron chi connectivity index (χ1n) is 5.85. The quantitative estimate of drug-likeness (QED) is 0.798. The van der Waals surface area contributed by atoms with Crippen LogP contribution in [0, 0.1) is 0 Å². The van der Waals surface area contributed by atoms with Gasteiger partial charge in [0.1, 0.15) is 11.5 Å². The summed E-state index contributed by atoms with van der Waals surface area (Å²) in [7, 11) is 3.19. The van der Waals surface area contributed by atoms with Crippen LogP contribution >= 0.6 is 0 Å². The standard InChI is InChI=1S/C13H20N2O3/c1-9(14)11-5-4-10(17-3)8-12(11)18-7-6-13(16)15-2/h4-5,8-9H,6-7,14H2,1-3H3,(H,15,16)/t9-/m1/s1. The SMILES string of the molecule is CNC(=O)CCOc1cc(OC)ccc1[C@@H](C)N. The highest BCUT2D eigenvalue weighted by atomic mass is 16.5. The van der Waals surface area contributed by atoms with E-state index >= 15 is 0 Å². The molecule has 100 valence electrons. The minimum atomic E-state index is -0.133. The summed E-state index contributed by atoms with van der Waals surface area (Å²) in [6.07, 6.45) is 0.312. The summed E-state index contributed by atoms with van der Waals surface area (Å²) in [6, 6.07) is 5.36. The van der Waals surface area contributed by atoms with E-state index in [1.54, 1.807) is 20.2 Å². The van der Waals surface area contributed by atoms with Crippen molar-refractivity contribution in [2.24, 2.45) is 5.73 Å². The Morgan fingerprint density at radius 2 is 2.22 bits per heavy atom. The molecule has 0 aliphatic rings. The van der Waals surface area contributed by atoms with E-state index in [1.807, 2.05) is 19.1 Å². The fourth-order valence-corrected chi connectivity index (χ4v) is 1.52. The van der Waals surface area contributed by atoms with Gasteiger partial charge in [0.2, 0.25) is 5.91 Å². The number of methoxy groups -OCH3 is 1. The lowest BCUT2D eigenvalue weighted by atomic mass is 10.1. The molecule has 0 fully saturated rings. The van der Waals surface area contributed by atoms with Gasteiger partial charge in [0.25, 0.3) is 0 Å². The average Bonchev–Trinajstić information content (AvgIpc) is 2.37. The third-order valence-electron chi connectivity index (χ3n) is 2.58. The van der Waals surface area contributed by atoms with Crippen molar-refractivity contribution in [1.29, 1.82) is 0 Å². The number of carbonyl (C=O) groups is 1. The zero-order valence-corrected chi connectivity index (χ0v) is 11.0. The minimum absolute atomic E-state index is 0.0553. The van der Waals surface area contributed by atoms with E-state index in [4.69, 9.17) is 15.2 Å². The molecule has 0 aromatic heterocycles. The molecule has 3 N–H and O–H groups in total. The van der Waals surface area contributed by atoms with Gasteiger partial charge < -0.3 is 20.5 Å². The Kier molecular flexibility index (Phi) is 5.45. The number of benzene rings is 1. The maximum Gasteiger partial charge on any atom is 0.223 e. The number of nitrogens with one attached hydrogen (secondary N) is 1. The van der Waals surface area contributed by atoms with Crippen LogP contribution in [0.15, 0.2) is 18.2 Å². The average molecular weight is 252 g/mol. The molecule has 0 bridgehead atoms. The second-order valence-corrected chi connectivity index (χ2v) is 3.96. The van der Waals surface area contributed by atoms with Crippen LogP contribution in [0.4, 0.5) is 0 Å². The maximum absolute atomic E-state index is 11.1. The molecule has 1 aromatic rings. The molecule has 1 amide bonds. The fraction of sp³-hybridized carbons (Fsp3) is 0.462. The lowest BCUT2D eigenvalue weighted by Crippen LogP contribution is -2.20. The monoisotopic (exact) mass is 252 g/mol. The molecule has 0 aliphatic carbocycles. The van der Waals surface area contributed by atoms with E-state index in [2.05, 4.69) is 5.32 Å². The molecule has 0 saturated carbocycles. The Labute approximate surface area is 107 Å². The van der Waals surface area contributed by atoms with Gasteiger partial charge in [0.15, 0.2) is 0 Å². The van der Waals surface area contributed by atoms with Gasteiger partial charge in [-0.2, -0.15) is 0 Å². The Bertz CT molecular complexity index is 405. The summed E-state index contributed by atoms with van der Waals surface area (Å²) in [5.41, 5.74) is 6.76. The zero-order chi connectivity index (χ0) is 13.5. The first-order chi connectivity index (χ1) is 8.58. The summed E-state index contributed by atoms with van der Waals surface area (Å²) < 4.78 is 10.7. The number of ether oxygens (including phenoxy) is 2. The van der Waals surface area contributed by atoms with Crippen molar-refractivity contribution in [3.05, 3.63) is 23.8 Å². The van der Waals surface area contributed by atoms with Crippen LogP contribution in [0.25, 0.3) is 0 Å². The van der Waals surface area contributed by atoms with Crippen LogP contribution in [-0.2, 0) is 4.79 Å². The smallest absolute Gasteiger partial charge is 0.223 e. The van der Waals surface area contributed by atoms with Gasteiger partial charge in [-0.25, -0.2) is 0 Å². The van der Waals surface area contributed by atoms with E-state index in [-0.39, 0.29) is 11.9 Å². The second kappa shape index (κ2) is 6.86. The lowest BCUT2D eigenvalue weighted by molar-refractivity contribution is -0.121. The highest BCUT2D eigenvalue weighted by molar-refractivity contribution is 5.75. The van der Waals surface area contributed by atoms with E-state index in [0.717, 1.165) is 5.56 Å². The summed E-state index contributed by atoms with van der Waals surface area (Å²) >= 11 is 0. The molecular weight excluding hydrogens is 232 g/mol. The number of nitrogens with two attached hydrogens (primary N) is 1. The zero-order valence-electron chi connectivity index (χ0n) is 11.0. The second-order valence-electron chi connectivity index (χ2n) is 3.96. The van der Waals surface area contributed by atoms with Gasteiger partial charge in [-0.15, -0.1) is 0 Å². The Hall–Kier alpha value is -1.75. The van der Waals surface area contributed by atoms with Crippen LogP contribution in [0.3, 0.4) is 0 Å². The Morgan fingerprint density at radius 3 is 2.78 bits per heavy atom. The number of amides is 1. The number of rotatable bonds is 6. The molecule has 5 heteroatoms. The molecule has 1 rings (SSSR count). The molecule has 0 heterocycles. The first-order valence-corrected chi connectivity index (χ1v) is 5.85. The molecule has 0 spiro atoms. The van der Waals surface area contributed by atoms with Crippen LogP contribution in [0.2, 0.25) is 0 Å². The van der Waals surface area contributed by atoms with Crippen LogP contribution in [0.1, 0.15) is 24.9 Å². The van der Waals surface area contributed by atoms with Crippen LogP contribution in [0.5, 0.6) is 11.5 Å². The van der Waals surface area contributed by atoms with Crippen molar-refractivity contribution in [1.82, 2.24) is 5.32 Å². The number of carbonyl (C=O) groups excluding carboxylic acids is 1. The summed E-state index contributed by atoms with van der Waals surface area (Å²) in [4.78, 5) is 11.1. The van der Waals surface area contributed by atoms with E-state index in [9.17, 15) is 4.79 Å². The molecule has 0 aliphatic heterocycles. The third-order valence-corrected chi connectivity index (χ3v) is 2.58. The Morgan fingerprint density at radius 1 is 1.50 bits per heavy atom. The fourth-order valence-electron chi connectivity index (χ4n) is 1.52. The van der Waals surface area contributed by atoms with E-state index in [0.29, 0.717) is 24.5 Å². The normalized spacial score (nSPS) is 11.8. The van der Waals surface area contributed by atoms with E-state index < -0.39 is 0 Å². The van der Waals surface area contributed by atoms with Crippen molar-refractivity contribution >= 4 is 5.91 Å². The van der Waals surface area contributed by atoms with E-state index in [1.165, 1.54) is 0 Å². The molecule has 5 nitrogen and oxygen atoms in total. The van der Waals surface area contributed by atoms with Gasteiger partial charge in [0, 0.05) is 24.7 Å². The lowest BCUT2D eigenvalue weighted by Gasteiger charge is -2.15. The molecule has 0 unspecified atom stereocenters. The van der Waals surface area contributed by atoms with Crippen molar-refractivity contribution in [2.45, 2.75) is 19.4 Å². The van der Waals surface area contributed by atoms with Gasteiger partial charge in [0.05, 0.1) is 20.1 Å².